The highest BCUT2D eigenvalue weighted by atomic mass is 16.6. The smallest absolute Gasteiger partial charge is 0.113 e. The van der Waals surface area contributed by atoms with Gasteiger partial charge in [0, 0.05) is 6.42 Å². The minimum absolute atomic E-state index is 0.0936. The summed E-state index contributed by atoms with van der Waals surface area (Å²) in [5.41, 5.74) is 4.55. The minimum atomic E-state index is -0.271. The first kappa shape index (κ1) is 25.4. The lowest BCUT2D eigenvalue weighted by Crippen LogP contribution is -2.50. The van der Waals surface area contributed by atoms with Crippen molar-refractivity contribution in [1.82, 2.24) is 0 Å². The maximum atomic E-state index is 6.66. The van der Waals surface area contributed by atoms with Crippen LogP contribution in [0.15, 0.2) is 121 Å². The average molecular weight is 495 g/mol. The van der Waals surface area contributed by atoms with Gasteiger partial charge in [0.2, 0.25) is 0 Å². The molecule has 4 aromatic rings. The Morgan fingerprint density at radius 2 is 1.05 bits per heavy atom. The van der Waals surface area contributed by atoms with E-state index in [1.54, 1.807) is 0 Å². The van der Waals surface area contributed by atoms with Crippen LogP contribution < -0.4 is 0 Å². The lowest BCUT2D eigenvalue weighted by atomic mass is 9.93. The molecular formula is C33H34O4. The molecule has 4 heteroatoms. The van der Waals surface area contributed by atoms with Crippen LogP contribution in [0.25, 0.3) is 0 Å². The van der Waals surface area contributed by atoms with E-state index in [0.29, 0.717) is 32.8 Å². The molecule has 37 heavy (non-hydrogen) atoms. The Kier molecular flexibility index (Phi) is 9.13. The zero-order valence-electron chi connectivity index (χ0n) is 21.0. The Morgan fingerprint density at radius 3 is 1.62 bits per heavy atom. The fraction of sp³-hybridized carbons (Fsp3) is 0.273. The zero-order chi connectivity index (χ0) is 25.1. The van der Waals surface area contributed by atoms with Crippen molar-refractivity contribution in [1.29, 1.82) is 0 Å². The molecule has 4 nitrogen and oxygen atoms in total. The fourth-order valence-electron chi connectivity index (χ4n) is 4.73. The van der Waals surface area contributed by atoms with Gasteiger partial charge in [-0.15, -0.1) is 0 Å². The molecule has 0 unspecified atom stereocenters. The minimum Gasteiger partial charge on any atom is -0.374 e. The molecule has 4 atom stereocenters. The van der Waals surface area contributed by atoms with E-state index >= 15 is 0 Å². The molecule has 1 heterocycles. The molecule has 0 bridgehead atoms. The first-order chi connectivity index (χ1) is 18.3. The van der Waals surface area contributed by atoms with Crippen LogP contribution >= 0.6 is 0 Å². The van der Waals surface area contributed by atoms with Gasteiger partial charge in [-0.2, -0.15) is 0 Å². The number of benzene rings is 4. The van der Waals surface area contributed by atoms with Crippen molar-refractivity contribution in [2.75, 3.05) is 6.61 Å². The number of hydrogen-bond donors (Lipinski definition) is 0. The summed E-state index contributed by atoms with van der Waals surface area (Å²) in [4.78, 5) is 0. The molecule has 0 saturated carbocycles. The van der Waals surface area contributed by atoms with Gasteiger partial charge in [0.15, 0.2) is 0 Å². The largest absolute Gasteiger partial charge is 0.374 e. The lowest BCUT2D eigenvalue weighted by Gasteiger charge is -2.41. The van der Waals surface area contributed by atoms with Gasteiger partial charge in [-0.05, 0) is 22.3 Å². The van der Waals surface area contributed by atoms with Crippen LogP contribution in [-0.4, -0.2) is 24.9 Å². The van der Waals surface area contributed by atoms with E-state index in [-0.39, 0.29) is 24.4 Å². The van der Waals surface area contributed by atoms with Gasteiger partial charge in [0.05, 0.1) is 38.6 Å². The maximum absolute atomic E-state index is 6.66. The molecule has 0 spiro atoms. The van der Waals surface area contributed by atoms with Crippen LogP contribution in [0, 0.1) is 0 Å². The normalized spacial score (nSPS) is 21.5. The summed E-state index contributed by atoms with van der Waals surface area (Å²) in [5.74, 6) is 0. The molecule has 0 aliphatic carbocycles. The van der Waals surface area contributed by atoms with Crippen molar-refractivity contribution in [2.24, 2.45) is 0 Å². The Hall–Kier alpha value is -3.28. The van der Waals surface area contributed by atoms with Gasteiger partial charge in [-0.3, -0.25) is 0 Å². The van der Waals surface area contributed by atoms with Crippen LogP contribution in [-0.2, 0) is 38.8 Å². The fourth-order valence-corrected chi connectivity index (χ4v) is 4.73. The molecule has 190 valence electrons. The molecule has 0 amide bonds. The van der Waals surface area contributed by atoms with Gasteiger partial charge in [-0.25, -0.2) is 0 Å². The van der Waals surface area contributed by atoms with Gasteiger partial charge in [0.25, 0.3) is 0 Å². The number of hydrogen-bond acceptors (Lipinski definition) is 4. The summed E-state index contributed by atoms with van der Waals surface area (Å²) in [5, 5.41) is 0. The first-order valence-corrected chi connectivity index (χ1v) is 13.0. The van der Waals surface area contributed by atoms with Crippen molar-refractivity contribution < 1.29 is 18.9 Å². The van der Waals surface area contributed by atoms with Crippen molar-refractivity contribution in [2.45, 2.75) is 50.7 Å². The summed E-state index contributed by atoms with van der Waals surface area (Å²) in [6.45, 7) is 1.96. The molecule has 1 saturated heterocycles. The topological polar surface area (TPSA) is 36.9 Å². The van der Waals surface area contributed by atoms with E-state index in [4.69, 9.17) is 18.9 Å². The third-order valence-electron chi connectivity index (χ3n) is 6.68. The third-order valence-corrected chi connectivity index (χ3v) is 6.68. The molecule has 5 rings (SSSR count). The van der Waals surface area contributed by atoms with Crippen LogP contribution in [0.5, 0.6) is 0 Å². The van der Waals surface area contributed by atoms with Crippen LogP contribution in [0.2, 0.25) is 0 Å². The zero-order valence-corrected chi connectivity index (χ0v) is 21.0. The highest BCUT2D eigenvalue weighted by molar-refractivity contribution is 5.20. The Labute approximate surface area is 219 Å². The quantitative estimate of drug-likeness (QED) is 0.227. The number of rotatable bonds is 11. The summed E-state index contributed by atoms with van der Waals surface area (Å²) >= 11 is 0. The van der Waals surface area contributed by atoms with E-state index in [1.165, 1.54) is 0 Å². The molecule has 1 aliphatic rings. The molecule has 0 radical (unpaired) electrons. The molecule has 0 aromatic heterocycles. The maximum Gasteiger partial charge on any atom is 0.113 e. The molecular weight excluding hydrogens is 460 g/mol. The van der Waals surface area contributed by atoms with E-state index in [1.807, 2.05) is 60.7 Å². The Morgan fingerprint density at radius 1 is 0.568 bits per heavy atom. The molecule has 4 aromatic carbocycles. The van der Waals surface area contributed by atoms with Gasteiger partial charge in [0.1, 0.15) is 12.2 Å². The summed E-state index contributed by atoms with van der Waals surface area (Å²) in [6.07, 6.45) is -0.0604. The highest BCUT2D eigenvalue weighted by Crippen LogP contribution is 2.35. The molecule has 0 N–H and O–H groups in total. The van der Waals surface area contributed by atoms with E-state index in [9.17, 15) is 0 Å². The van der Waals surface area contributed by atoms with Crippen LogP contribution in [0.4, 0.5) is 0 Å². The monoisotopic (exact) mass is 494 g/mol. The van der Waals surface area contributed by atoms with Crippen molar-refractivity contribution in [3.8, 4) is 0 Å². The lowest BCUT2D eigenvalue weighted by molar-refractivity contribution is -0.222. The molecule has 1 aliphatic heterocycles. The predicted octanol–water partition coefficient (Wildman–Crippen LogP) is 6.90. The highest BCUT2D eigenvalue weighted by Gasteiger charge is 2.41. The second kappa shape index (κ2) is 13.3. The van der Waals surface area contributed by atoms with E-state index in [0.717, 1.165) is 22.3 Å². The van der Waals surface area contributed by atoms with Crippen LogP contribution in [0.1, 0.15) is 34.8 Å². The number of ether oxygens (including phenoxy) is 4. The van der Waals surface area contributed by atoms with E-state index < -0.39 is 0 Å². The standard InChI is InChI=1S/C33H34O4/c1-5-13-26(14-6-1)22-34-25-32-33(36-24-28-17-9-3-10-18-28)31(35-23-27-15-7-2-8-16-27)21-30(37-32)29-19-11-4-12-20-29/h1-20,30-33H,21-25H2/t30-,31-,32+,33+/m1/s1. The van der Waals surface area contributed by atoms with Gasteiger partial charge in [-0.1, -0.05) is 121 Å². The average Bonchev–Trinajstić information content (AvgIpc) is 2.97. The van der Waals surface area contributed by atoms with Gasteiger partial charge < -0.3 is 18.9 Å². The SMILES string of the molecule is c1ccc(COC[C@@H]2O[C@@H](c3ccccc3)C[C@@H](OCc3ccccc3)[C@@H]2OCc2ccccc2)cc1. The van der Waals surface area contributed by atoms with Crippen molar-refractivity contribution in [3.63, 3.8) is 0 Å². The summed E-state index contributed by atoms with van der Waals surface area (Å²) in [6, 6.07) is 41.1. The second-order valence-electron chi connectivity index (χ2n) is 9.41. The van der Waals surface area contributed by atoms with Crippen molar-refractivity contribution in [3.05, 3.63) is 144 Å². The van der Waals surface area contributed by atoms with Gasteiger partial charge >= 0.3 is 0 Å². The second-order valence-corrected chi connectivity index (χ2v) is 9.41. The Balaban J connectivity index is 1.35. The predicted molar refractivity (Wildman–Crippen MR) is 145 cm³/mol. The van der Waals surface area contributed by atoms with Crippen molar-refractivity contribution >= 4 is 0 Å². The van der Waals surface area contributed by atoms with E-state index in [2.05, 4.69) is 60.7 Å². The van der Waals surface area contributed by atoms with Crippen LogP contribution in [0.3, 0.4) is 0 Å². The Bertz CT molecular complexity index is 1170. The molecule has 1 fully saturated rings. The first-order valence-electron chi connectivity index (χ1n) is 13.0. The summed E-state index contributed by atoms with van der Waals surface area (Å²) in [7, 11) is 0. The third kappa shape index (κ3) is 7.37. The summed E-state index contributed by atoms with van der Waals surface area (Å²) < 4.78 is 25.9.